The number of carbonyl (C=O) groups is 3. The molecule has 0 unspecified atom stereocenters. The predicted molar refractivity (Wildman–Crippen MR) is 112 cm³/mol. The van der Waals surface area contributed by atoms with Crippen molar-refractivity contribution in [2.75, 3.05) is 0 Å². The molecule has 3 N–H and O–H groups in total. The standard InChI is InChI=1S/C24H38O6/c1-14(7-10-19(25)26)15-8-9-16-20(22(29)30)17(11-13-24(15,16)3)23(2)12-5-4-6-18(23)21(27)28/h14-18,20H,4-13H2,1-3H3,(H,25,26)(H,27,28)(H,29,30)/t14-,15+,16-,17-,18-,20+,23+,24+/m0/s1. The van der Waals surface area contributed by atoms with E-state index in [1.807, 2.05) is 6.92 Å². The van der Waals surface area contributed by atoms with Crippen LogP contribution in [0.3, 0.4) is 0 Å². The Hall–Kier alpha value is -1.59. The molecular weight excluding hydrogens is 384 g/mol. The lowest BCUT2D eigenvalue weighted by Gasteiger charge is -2.55. The van der Waals surface area contributed by atoms with Crippen LogP contribution >= 0.6 is 0 Å². The Morgan fingerprint density at radius 2 is 1.53 bits per heavy atom. The van der Waals surface area contributed by atoms with Crippen LogP contribution in [0.15, 0.2) is 0 Å². The van der Waals surface area contributed by atoms with Gasteiger partial charge in [-0.2, -0.15) is 0 Å². The van der Waals surface area contributed by atoms with Gasteiger partial charge in [0.1, 0.15) is 0 Å². The molecule has 0 saturated heterocycles. The number of fused-ring (bicyclic) bond motifs is 1. The van der Waals surface area contributed by atoms with Gasteiger partial charge < -0.3 is 15.3 Å². The summed E-state index contributed by atoms with van der Waals surface area (Å²) in [6.45, 7) is 6.37. The lowest BCUT2D eigenvalue weighted by atomic mass is 9.48. The number of carboxylic acid groups (broad SMARTS) is 3. The maximum atomic E-state index is 12.6. The highest BCUT2D eigenvalue weighted by Crippen LogP contribution is 2.65. The fourth-order valence-corrected chi connectivity index (χ4v) is 7.96. The summed E-state index contributed by atoms with van der Waals surface area (Å²) in [5.41, 5.74) is -0.581. The van der Waals surface area contributed by atoms with Crippen molar-refractivity contribution in [2.24, 2.45) is 46.3 Å². The zero-order chi connectivity index (χ0) is 22.3. The molecule has 0 spiro atoms. The van der Waals surface area contributed by atoms with E-state index in [4.69, 9.17) is 5.11 Å². The van der Waals surface area contributed by atoms with Crippen molar-refractivity contribution in [3.8, 4) is 0 Å². The molecule has 0 aromatic rings. The Kier molecular flexibility index (Phi) is 6.54. The quantitative estimate of drug-likeness (QED) is 0.537. The van der Waals surface area contributed by atoms with Crippen molar-refractivity contribution in [2.45, 2.75) is 85.0 Å². The summed E-state index contributed by atoms with van der Waals surface area (Å²) in [7, 11) is 0. The maximum absolute atomic E-state index is 12.6. The van der Waals surface area contributed by atoms with Crippen molar-refractivity contribution in [1.29, 1.82) is 0 Å². The average Bonchev–Trinajstić information content (AvgIpc) is 3.02. The first-order valence-electron chi connectivity index (χ1n) is 11.7. The van der Waals surface area contributed by atoms with E-state index in [2.05, 4.69) is 13.8 Å². The summed E-state index contributed by atoms with van der Waals surface area (Å²) < 4.78 is 0. The van der Waals surface area contributed by atoms with Crippen molar-refractivity contribution < 1.29 is 29.7 Å². The van der Waals surface area contributed by atoms with Crippen molar-refractivity contribution in [3.63, 3.8) is 0 Å². The maximum Gasteiger partial charge on any atom is 0.307 e. The van der Waals surface area contributed by atoms with Crippen LogP contribution in [0.5, 0.6) is 0 Å². The monoisotopic (exact) mass is 422 g/mol. The topological polar surface area (TPSA) is 112 Å². The fraction of sp³-hybridized carbons (Fsp3) is 0.875. The van der Waals surface area contributed by atoms with Crippen LogP contribution in [0.1, 0.15) is 85.0 Å². The van der Waals surface area contributed by atoms with E-state index in [0.717, 1.165) is 44.9 Å². The van der Waals surface area contributed by atoms with Gasteiger partial charge in [-0.15, -0.1) is 0 Å². The van der Waals surface area contributed by atoms with E-state index in [1.165, 1.54) is 0 Å². The van der Waals surface area contributed by atoms with Crippen LogP contribution in [-0.4, -0.2) is 33.2 Å². The normalized spacial score (nSPS) is 42.3. The molecule has 0 aromatic carbocycles. The Balaban J connectivity index is 1.88. The molecule has 3 aliphatic rings. The van der Waals surface area contributed by atoms with E-state index in [9.17, 15) is 24.6 Å². The third-order valence-corrected chi connectivity index (χ3v) is 9.53. The van der Waals surface area contributed by atoms with Crippen LogP contribution in [0.2, 0.25) is 0 Å². The molecule has 0 amide bonds. The van der Waals surface area contributed by atoms with Crippen LogP contribution in [0.25, 0.3) is 0 Å². The van der Waals surface area contributed by atoms with Crippen molar-refractivity contribution in [1.82, 2.24) is 0 Å². The van der Waals surface area contributed by atoms with Gasteiger partial charge in [0.25, 0.3) is 0 Å². The van der Waals surface area contributed by atoms with Gasteiger partial charge in [-0.1, -0.05) is 33.6 Å². The molecular formula is C24H38O6. The predicted octanol–water partition coefficient (Wildman–Crippen LogP) is 4.91. The highest BCUT2D eigenvalue weighted by Gasteiger charge is 2.61. The first kappa shape index (κ1) is 23.1. The molecule has 3 aliphatic carbocycles. The Morgan fingerprint density at radius 3 is 2.13 bits per heavy atom. The number of aliphatic carboxylic acids is 3. The van der Waals surface area contributed by atoms with E-state index in [-0.39, 0.29) is 29.6 Å². The minimum atomic E-state index is -0.779. The Bertz CT molecular complexity index is 689. The van der Waals surface area contributed by atoms with E-state index >= 15 is 0 Å². The molecule has 0 radical (unpaired) electrons. The number of rotatable bonds is 7. The molecule has 6 nitrogen and oxygen atoms in total. The molecule has 0 aliphatic heterocycles. The molecule has 8 atom stereocenters. The van der Waals surface area contributed by atoms with Gasteiger partial charge >= 0.3 is 17.9 Å². The second-order valence-corrected chi connectivity index (χ2v) is 10.9. The van der Waals surface area contributed by atoms with Gasteiger partial charge in [0, 0.05) is 6.42 Å². The molecule has 3 fully saturated rings. The van der Waals surface area contributed by atoms with Gasteiger partial charge in [-0.25, -0.2) is 0 Å². The molecule has 6 heteroatoms. The lowest BCUT2D eigenvalue weighted by molar-refractivity contribution is -0.168. The van der Waals surface area contributed by atoms with Crippen LogP contribution in [0, 0.1) is 46.3 Å². The highest BCUT2D eigenvalue weighted by atomic mass is 16.4. The Morgan fingerprint density at radius 1 is 0.867 bits per heavy atom. The van der Waals surface area contributed by atoms with E-state index < -0.39 is 35.2 Å². The smallest absolute Gasteiger partial charge is 0.307 e. The molecule has 30 heavy (non-hydrogen) atoms. The van der Waals surface area contributed by atoms with Gasteiger partial charge in [0.2, 0.25) is 0 Å². The van der Waals surface area contributed by atoms with Crippen LogP contribution in [-0.2, 0) is 14.4 Å². The van der Waals surface area contributed by atoms with Gasteiger partial charge in [0.15, 0.2) is 0 Å². The summed E-state index contributed by atoms with van der Waals surface area (Å²) in [4.78, 5) is 35.7. The lowest BCUT2D eigenvalue weighted by Crippen LogP contribution is -2.53. The van der Waals surface area contributed by atoms with Crippen molar-refractivity contribution >= 4 is 17.9 Å². The van der Waals surface area contributed by atoms with Gasteiger partial charge in [-0.05, 0) is 79.4 Å². The highest BCUT2D eigenvalue weighted by molar-refractivity contribution is 5.73. The summed E-state index contributed by atoms with van der Waals surface area (Å²) in [6, 6.07) is 0. The SMILES string of the molecule is C[C@@H](CCC(=O)O)[C@H]1CC[C@H]2[C@@H](C(=O)O)[C@@H]([C@@]3(C)CCCC[C@H]3C(=O)O)CC[C@]12C. The zero-order valence-electron chi connectivity index (χ0n) is 18.6. The molecule has 170 valence electrons. The summed E-state index contributed by atoms with van der Waals surface area (Å²) in [5, 5.41) is 29.3. The number of hydrogen-bond acceptors (Lipinski definition) is 3. The number of carboxylic acids is 3. The van der Waals surface area contributed by atoms with Gasteiger partial charge in [-0.3, -0.25) is 14.4 Å². The third-order valence-electron chi connectivity index (χ3n) is 9.53. The minimum Gasteiger partial charge on any atom is -0.481 e. The van der Waals surface area contributed by atoms with Crippen molar-refractivity contribution in [3.05, 3.63) is 0 Å². The second kappa shape index (κ2) is 8.51. The average molecular weight is 423 g/mol. The minimum absolute atomic E-state index is 0.0409. The first-order chi connectivity index (χ1) is 14.0. The first-order valence-corrected chi connectivity index (χ1v) is 11.7. The van der Waals surface area contributed by atoms with Gasteiger partial charge in [0.05, 0.1) is 11.8 Å². The van der Waals surface area contributed by atoms with E-state index in [1.54, 1.807) is 0 Å². The summed E-state index contributed by atoms with van der Waals surface area (Å²) in [6.07, 6.45) is 7.55. The van der Waals surface area contributed by atoms with E-state index in [0.29, 0.717) is 18.8 Å². The summed E-state index contributed by atoms with van der Waals surface area (Å²) in [5.74, 6) is -2.79. The zero-order valence-corrected chi connectivity index (χ0v) is 18.6. The summed E-state index contributed by atoms with van der Waals surface area (Å²) >= 11 is 0. The molecule has 0 bridgehead atoms. The molecule has 3 saturated carbocycles. The molecule has 3 rings (SSSR count). The fourth-order valence-electron chi connectivity index (χ4n) is 7.96. The Labute approximate surface area is 179 Å². The largest absolute Gasteiger partial charge is 0.481 e. The van der Waals surface area contributed by atoms with Crippen LogP contribution in [0.4, 0.5) is 0 Å². The van der Waals surface area contributed by atoms with Crippen LogP contribution < -0.4 is 0 Å². The molecule has 0 heterocycles. The molecule has 0 aromatic heterocycles. The number of hydrogen-bond donors (Lipinski definition) is 3. The second-order valence-electron chi connectivity index (χ2n) is 10.9. The third kappa shape index (κ3) is 3.87.